The number of carbonyl (C=O) groups excluding carboxylic acids is 1. The third kappa shape index (κ3) is 4.64. The van der Waals surface area contributed by atoms with E-state index in [4.69, 9.17) is 14.2 Å². The lowest BCUT2D eigenvalue weighted by Gasteiger charge is -2.21. The van der Waals surface area contributed by atoms with E-state index in [0.717, 1.165) is 11.1 Å². The molecular formula is C26H26FNO5. The second-order valence-electron chi connectivity index (χ2n) is 7.93. The minimum Gasteiger partial charge on any atom is -0.497 e. The summed E-state index contributed by atoms with van der Waals surface area (Å²) in [5.74, 6) is 1.18. The van der Waals surface area contributed by atoms with Gasteiger partial charge in [0.05, 0.1) is 32.9 Å². The van der Waals surface area contributed by atoms with Gasteiger partial charge in [-0.15, -0.1) is 0 Å². The number of ether oxygens (including phenoxy) is 3. The van der Waals surface area contributed by atoms with Gasteiger partial charge in [-0.05, 0) is 65.6 Å². The lowest BCUT2D eigenvalue weighted by Crippen LogP contribution is -2.31. The molecule has 0 spiro atoms. The smallest absolute Gasteiger partial charge is 0.258 e. The van der Waals surface area contributed by atoms with Crippen LogP contribution in [-0.2, 0) is 13.2 Å². The zero-order valence-electron chi connectivity index (χ0n) is 18.9. The maximum Gasteiger partial charge on any atom is 0.258 e. The summed E-state index contributed by atoms with van der Waals surface area (Å²) in [5.41, 5.74) is 3.93. The van der Waals surface area contributed by atoms with Crippen LogP contribution in [0.4, 0.5) is 4.39 Å². The van der Waals surface area contributed by atoms with Crippen molar-refractivity contribution < 1.29 is 28.5 Å². The van der Waals surface area contributed by atoms with Crippen molar-refractivity contribution in [3.63, 3.8) is 0 Å². The van der Waals surface area contributed by atoms with Gasteiger partial charge in [0.15, 0.2) is 0 Å². The van der Waals surface area contributed by atoms with Crippen LogP contribution in [0.3, 0.4) is 0 Å². The summed E-state index contributed by atoms with van der Waals surface area (Å²) < 4.78 is 30.4. The molecule has 0 aromatic heterocycles. The van der Waals surface area contributed by atoms with Crippen LogP contribution in [-0.4, -0.2) is 43.3 Å². The average molecular weight is 451 g/mol. The van der Waals surface area contributed by atoms with Crippen molar-refractivity contribution in [3.8, 4) is 28.4 Å². The van der Waals surface area contributed by atoms with Crippen LogP contribution in [0.1, 0.15) is 27.0 Å². The highest BCUT2D eigenvalue weighted by Crippen LogP contribution is 2.38. The number of methoxy groups -OCH3 is 2. The first-order chi connectivity index (χ1) is 15.9. The van der Waals surface area contributed by atoms with Crippen molar-refractivity contribution in [2.45, 2.75) is 20.1 Å². The van der Waals surface area contributed by atoms with E-state index < -0.39 is 0 Å². The normalized spacial score (nSPS) is 13.2. The van der Waals surface area contributed by atoms with E-state index in [2.05, 4.69) is 0 Å². The molecule has 0 bridgehead atoms. The van der Waals surface area contributed by atoms with Crippen LogP contribution in [0.2, 0.25) is 0 Å². The molecule has 0 saturated carbocycles. The first kappa shape index (κ1) is 22.6. The molecule has 3 aromatic carbocycles. The molecule has 6 nitrogen and oxygen atoms in total. The van der Waals surface area contributed by atoms with Crippen LogP contribution in [0.15, 0.2) is 48.5 Å². The van der Waals surface area contributed by atoms with Gasteiger partial charge in [0, 0.05) is 18.2 Å². The van der Waals surface area contributed by atoms with Crippen LogP contribution >= 0.6 is 0 Å². The highest BCUT2D eigenvalue weighted by molar-refractivity contribution is 6.00. The summed E-state index contributed by atoms with van der Waals surface area (Å²) in [4.78, 5) is 15.3. The van der Waals surface area contributed by atoms with Crippen molar-refractivity contribution >= 4 is 5.91 Å². The minimum absolute atomic E-state index is 0.208. The SMILES string of the molecule is COc1cc(CN2CCOc3c(cc(CO)cc3-c3ccc(F)cc3C)C2=O)cc(OC)c1. The number of halogens is 1. The Morgan fingerprint density at radius 1 is 0.970 bits per heavy atom. The Balaban J connectivity index is 1.75. The quantitative estimate of drug-likeness (QED) is 0.604. The fraction of sp³-hybridized carbons (Fsp3) is 0.269. The van der Waals surface area contributed by atoms with E-state index in [9.17, 15) is 14.3 Å². The molecule has 172 valence electrons. The molecule has 1 aliphatic rings. The van der Waals surface area contributed by atoms with Gasteiger partial charge in [-0.1, -0.05) is 6.07 Å². The molecule has 0 atom stereocenters. The van der Waals surface area contributed by atoms with Gasteiger partial charge in [-0.2, -0.15) is 0 Å². The van der Waals surface area contributed by atoms with Gasteiger partial charge in [0.25, 0.3) is 5.91 Å². The molecule has 4 rings (SSSR count). The molecule has 0 saturated heterocycles. The lowest BCUT2D eigenvalue weighted by atomic mass is 9.94. The summed E-state index contributed by atoms with van der Waals surface area (Å²) in [5, 5.41) is 9.84. The number of nitrogens with zero attached hydrogens (tertiary/aromatic N) is 1. The number of hydrogen-bond acceptors (Lipinski definition) is 5. The van der Waals surface area contributed by atoms with Gasteiger partial charge in [0.2, 0.25) is 0 Å². The third-order valence-corrected chi connectivity index (χ3v) is 5.72. The first-order valence-corrected chi connectivity index (χ1v) is 10.6. The standard InChI is InChI=1S/C26H26FNO5/c1-16-8-19(27)4-5-22(16)23-11-18(15-29)12-24-25(23)33-7-6-28(26(24)30)14-17-9-20(31-2)13-21(10-17)32-3/h4-5,8-13,29H,6-7,14-15H2,1-3H3. The van der Waals surface area contributed by atoms with E-state index in [-0.39, 0.29) is 18.3 Å². The van der Waals surface area contributed by atoms with Crippen molar-refractivity contribution in [2.75, 3.05) is 27.4 Å². The largest absolute Gasteiger partial charge is 0.497 e. The Kier molecular flexibility index (Phi) is 6.51. The Morgan fingerprint density at radius 3 is 2.30 bits per heavy atom. The van der Waals surface area contributed by atoms with Gasteiger partial charge in [0.1, 0.15) is 29.7 Å². The zero-order valence-corrected chi connectivity index (χ0v) is 18.9. The number of aliphatic hydroxyl groups excluding tert-OH is 1. The molecule has 1 N–H and O–H groups in total. The molecule has 1 heterocycles. The molecule has 0 fully saturated rings. The molecule has 7 heteroatoms. The second kappa shape index (κ2) is 9.50. The number of hydrogen-bond donors (Lipinski definition) is 1. The fourth-order valence-electron chi connectivity index (χ4n) is 4.08. The average Bonchev–Trinajstić information content (AvgIpc) is 2.97. The van der Waals surface area contributed by atoms with Gasteiger partial charge in [-0.3, -0.25) is 4.79 Å². The van der Waals surface area contributed by atoms with Crippen LogP contribution in [0, 0.1) is 12.7 Å². The predicted molar refractivity (Wildman–Crippen MR) is 122 cm³/mol. The topological polar surface area (TPSA) is 68.2 Å². The fourth-order valence-corrected chi connectivity index (χ4v) is 4.08. The molecule has 33 heavy (non-hydrogen) atoms. The van der Waals surface area contributed by atoms with Crippen molar-refractivity contribution in [2.24, 2.45) is 0 Å². The van der Waals surface area contributed by atoms with Crippen LogP contribution in [0.25, 0.3) is 11.1 Å². The Hall–Kier alpha value is -3.58. The van der Waals surface area contributed by atoms with E-state index in [0.29, 0.717) is 59.2 Å². The van der Waals surface area contributed by atoms with Crippen molar-refractivity contribution in [1.82, 2.24) is 4.90 Å². The van der Waals surface area contributed by atoms with Gasteiger partial charge in [-0.25, -0.2) is 4.39 Å². The molecule has 0 aliphatic carbocycles. The molecular weight excluding hydrogens is 425 g/mol. The molecule has 3 aromatic rings. The highest BCUT2D eigenvalue weighted by atomic mass is 19.1. The maximum atomic E-state index is 13.7. The Bertz CT molecular complexity index is 1170. The van der Waals surface area contributed by atoms with E-state index in [1.807, 2.05) is 12.1 Å². The first-order valence-electron chi connectivity index (χ1n) is 10.6. The van der Waals surface area contributed by atoms with E-state index in [1.165, 1.54) is 12.1 Å². The lowest BCUT2D eigenvalue weighted by molar-refractivity contribution is 0.0742. The molecule has 0 radical (unpaired) electrons. The molecule has 0 unspecified atom stereocenters. The molecule has 1 aliphatic heterocycles. The summed E-state index contributed by atoms with van der Waals surface area (Å²) in [6.45, 7) is 2.58. The monoisotopic (exact) mass is 451 g/mol. The number of carbonyl (C=O) groups is 1. The molecule has 1 amide bonds. The maximum absolute atomic E-state index is 13.7. The second-order valence-corrected chi connectivity index (χ2v) is 7.93. The summed E-state index contributed by atoms with van der Waals surface area (Å²) in [6, 6.07) is 13.4. The van der Waals surface area contributed by atoms with E-state index in [1.54, 1.807) is 50.3 Å². The van der Waals surface area contributed by atoms with E-state index >= 15 is 0 Å². The van der Waals surface area contributed by atoms with Crippen molar-refractivity contribution in [3.05, 3.63) is 76.6 Å². The zero-order chi connectivity index (χ0) is 23.5. The minimum atomic E-state index is -0.336. The van der Waals surface area contributed by atoms with Crippen LogP contribution in [0.5, 0.6) is 17.2 Å². The number of aryl methyl sites for hydroxylation is 1. The van der Waals surface area contributed by atoms with Gasteiger partial charge < -0.3 is 24.2 Å². The van der Waals surface area contributed by atoms with Crippen LogP contribution < -0.4 is 14.2 Å². The number of amides is 1. The predicted octanol–water partition coefficient (Wildman–Crippen LogP) is 4.35. The number of benzene rings is 3. The highest BCUT2D eigenvalue weighted by Gasteiger charge is 2.27. The number of aliphatic hydroxyl groups is 1. The van der Waals surface area contributed by atoms with Gasteiger partial charge >= 0.3 is 0 Å². The third-order valence-electron chi connectivity index (χ3n) is 5.72. The Labute approximate surface area is 192 Å². The van der Waals surface area contributed by atoms with Crippen molar-refractivity contribution in [1.29, 1.82) is 0 Å². The Morgan fingerprint density at radius 2 is 1.67 bits per heavy atom. The summed E-state index contributed by atoms with van der Waals surface area (Å²) >= 11 is 0. The summed E-state index contributed by atoms with van der Waals surface area (Å²) in [6.07, 6.45) is 0. The number of fused-ring (bicyclic) bond motifs is 1. The number of rotatable bonds is 6. The summed E-state index contributed by atoms with van der Waals surface area (Å²) in [7, 11) is 3.16.